The predicted molar refractivity (Wildman–Crippen MR) is 61.2 cm³/mol. The Bertz CT molecular complexity index is 454. The van der Waals surface area contributed by atoms with E-state index in [1.807, 2.05) is 23.5 Å². The van der Waals surface area contributed by atoms with Crippen molar-refractivity contribution in [1.82, 2.24) is 5.32 Å². The molecule has 0 heterocycles. The number of amides is 1. The van der Waals surface area contributed by atoms with Crippen LogP contribution in [0.25, 0.3) is 0 Å². The predicted octanol–water partition coefficient (Wildman–Crippen LogP) is 2.40. The molecule has 1 aliphatic carbocycles. The maximum Gasteiger partial charge on any atom is 0.471 e. The molecule has 0 aliphatic heterocycles. The normalized spacial score (nSPS) is 14.4. The molecule has 0 bridgehead atoms. The van der Waals surface area contributed by atoms with Crippen LogP contribution in [0.3, 0.4) is 0 Å². The van der Waals surface area contributed by atoms with Crippen LogP contribution in [-0.2, 0) is 24.1 Å². The fourth-order valence-corrected chi connectivity index (χ4v) is 2.20. The van der Waals surface area contributed by atoms with E-state index in [1.54, 1.807) is 0 Å². The summed E-state index contributed by atoms with van der Waals surface area (Å²) in [4.78, 5) is 10.6. The first kappa shape index (κ1) is 12.9. The molecular formula is C13H14F3NO. The van der Waals surface area contributed by atoms with Gasteiger partial charge in [-0.2, -0.15) is 13.2 Å². The van der Waals surface area contributed by atoms with Gasteiger partial charge in [-0.25, -0.2) is 0 Å². The topological polar surface area (TPSA) is 29.1 Å². The monoisotopic (exact) mass is 257 g/mol. The van der Waals surface area contributed by atoms with Crippen LogP contribution < -0.4 is 5.32 Å². The highest BCUT2D eigenvalue weighted by Crippen LogP contribution is 2.22. The molecule has 2 nitrogen and oxygen atoms in total. The molecule has 1 N–H and O–H groups in total. The van der Waals surface area contributed by atoms with Crippen LogP contribution in [0.4, 0.5) is 13.2 Å². The Hall–Kier alpha value is -1.52. The van der Waals surface area contributed by atoms with Crippen molar-refractivity contribution < 1.29 is 18.0 Å². The second kappa shape index (κ2) is 5.00. The van der Waals surface area contributed by atoms with Crippen molar-refractivity contribution >= 4 is 5.91 Å². The zero-order valence-electron chi connectivity index (χ0n) is 9.81. The average Bonchev–Trinajstić information content (AvgIpc) is 2.74. The third kappa shape index (κ3) is 3.03. The first-order valence-electron chi connectivity index (χ1n) is 5.92. The third-order valence-corrected chi connectivity index (χ3v) is 3.12. The van der Waals surface area contributed by atoms with Crippen LogP contribution in [0.2, 0.25) is 0 Å². The Morgan fingerprint density at radius 1 is 1.22 bits per heavy atom. The Balaban J connectivity index is 1.86. The van der Waals surface area contributed by atoms with Crippen LogP contribution in [0.15, 0.2) is 18.2 Å². The van der Waals surface area contributed by atoms with Gasteiger partial charge in [-0.05, 0) is 42.4 Å². The summed E-state index contributed by atoms with van der Waals surface area (Å²) >= 11 is 0. The van der Waals surface area contributed by atoms with Gasteiger partial charge in [0.25, 0.3) is 0 Å². The second-order valence-corrected chi connectivity index (χ2v) is 4.46. The summed E-state index contributed by atoms with van der Waals surface area (Å²) in [6.07, 6.45) is -1.10. The maximum atomic E-state index is 11.9. The minimum absolute atomic E-state index is 0.0110. The molecule has 0 radical (unpaired) electrons. The Kier molecular flexibility index (Phi) is 3.59. The van der Waals surface area contributed by atoms with Crippen molar-refractivity contribution in [2.75, 3.05) is 6.54 Å². The molecule has 2 rings (SSSR count). The van der Waals surface area contributed by atoms with Gasteiger partial charge in [0.15, 0.2) is 0 Å². The number of benzene rings is 1. The number of rotatable bonds is 3. The van der Waals surface area contributed by atoms with Crippen molar-refractivity contribution in [2.24, 2.45) is 0 Å². The van der Waals surface area contributed by atoms with Crippen LogP contribution in [0.5, 0.6) is 0 Å². The number of aryl methyl sites for hydroxylation is 2. The summed E-state index contributed by atoms with van der Waals surface area (Å²) in [7, 11) is 0. The highest BCUT2D eigenvalue weighted by molar-refractivity contribution is 5.81. The zero-order chi connectivity index (χ0) is 13.2. The number of hydrogen-bond acceptors (Lipinski definition) is 1. The fourth-order valence-electron chi connectivity index (χ4n) is 2.20. The van der Waals surface area contributed by atoms with Gasteiger partial charge in [-0.1, -0.05) is 18.2 Å². The van der Waals surface area contributed by atoms with Gasteiger partial charge in [-0.15, -0.1) is 0 Å². The molecule has 1 aliphatic rings. The van der Waals surface area contributed by atoms with Crippen molar-refractivity contribution in [3.63, 3.8) is 0 Å². The SMILES string of the molecule is O=C(NCCc1ccc2c(c1)CCC2)C(F)(F)F. The molecular weight excluding hydrogens is 243 g/mol. The van der Waals surface area contributed by atoms with Crippen LogP contribution in [0.1, 0.15) is 23.1 Å². The number of hydrogen-bond donors (Lipinski definition) is 1. The number of carbonyl (C=O) groups is 1. The maximum absolute atomic E-state index is 11.9. The average molecular weight is 257 g/mol. The van der Waals surface area contributed by atoms with Gasteiger partial charge >= 0.3 is 12.1 Å². The quantitative estimate of drug-likeness (QED) is 0.885. The van der Waals surface area contributed by atoms with Gasteiger partial charge in [0.05, 0.1) is 0 Å². The molecule has 0 aromatic heterocycles. The Morgan fingerprint density at radius 3 is 2.67 bits per heavy atom. The van der Waals surface area contributed by atoms with Gasteiger partial charge in [-0.3, -0.25) is 4.79 Å². The minimum atomic E-state index is -4.79. The largest absolute Gasteiger partial charge is 0.471 e. The summed E-state index contributed by atoms with van der Waals surface area (Å²) in [6.45, 7) is 0.0110. The molecule has 1 aromatic rings. The molecule has 98 valence electrons. The van der Waals surface area contributed by atoms with E-state index in [2.05, 4.69) is 0 Å². The highest BCUT2D eigenvalue weighted by Gasteiger charge is 2.38. The van der Waals surface area contributed by atoms with Gasteiger partial charge in [0.2, 0.25) is 0 Å². The van der Waals surface area contributed by atoms with Gasteiger partial charge < -0.3 is 5.32 Å². The molecule has 5 heteroatoms. The number of nitrogens with one attached hydrogen (secondary N) is 1. The van der Waals surface area contributed by atoms with Gasteiger partial charge in [0, 0.05) is 6.54 Å². The molecule has 1 aromatic carbocycles. The second-order valence-electron chi connectivity index (χ2n) is 4.46. The van der Waals surface area contributed by atoms with Crippen LogP contribution >= 0.6 is 0 Å². The smallest absolute Gasteiger partial charge is 0.348 e. The summed E-state index contributed by atoms with van der Waals surface area (Å²) in [5, 5.41) is 1.87. The molecule has 0 unspecified atom stereocenters. The van der Waals surface area contributed by atoms with E-state index in [1.165, 1.54) is 11.1 Å². The molecule has 0 atom stereocenters. The lowest BCUT2D eigenvalue weighted by atomic mass is 10.0. The van der Waals surface area contributed by atoms with Crippen molar-refractivity contribution in [3.05, 3.63) is 34.9 Å². The molecule has 0 saturated carbocycles. The summed E-state index contributed by atoms with van der Waals surface area (Å²) in [5.74, 6) is -1.87. The van der Waals surface area contributed by atoms with Crippen LogP contribution in [-0.4, -0.2) is 18.6 Å². The first-order chi connectivity index (χ1) is 8.47. The van der Waals surface area contributed by atoms with E-state index in [-0.39, 0.29) is 6.54 Å². The molecule has 0 fully saturated rings. The van der Waals surface area contributed by atoms with E-state index in [0.29, 0.717) is 6.42 Å². The molecule has 18 heavy (non-hydrogen) atoms. The number of fused-ring (bicyclic) bond motifs is 1. The summed E-state index contributed by atoms with van der Waals surface area (Å²) in [6, 6.07) is 5.98. The summed E-state index contributed by atoms with van der Waals surface area (Å²) < 4.78 is 35.8. The van der Waals surface area contributed by atoms with Gasteiger partial charge in [0.1, 0.15) is 0 Å². The third-order valence-electron chi connectivity index (χ3n) is 3.12. The molecule has 0 spiro atoms. The lowest BCUT2D eigenvalue weighted by Gasteiger charge is -2.08. The van der Waals surface area contributed by atoms with Crippen molar-refractivity contribution in [1.29, 1.82) is 0 Å². The number of halogens is 3. The Labute approximate surface area is 103 Å². The highest BCUT2D eigenvalue weighted by atomic mass is 19.4. The first-order valence-corrected chi connectivity index (χ1v) is 5.92. The Morgan fingerprint density at radius 2 is 1.94 bits per heavy atom. The molecule has 1 amide bonds. The van der Waals surface area contributed by atoms with Crippen molar-refractivity contribution in [2.45, 2.75) is 31.9 Å². The lowest BCUT2D eigenvalue weighted by Crippen LogP contribution is -2.37. The standard InChI is InChI=1S/C13H14F3NO/c14-13(15,16)12(18)17-7-6-9-4-5-10-2-1-3-11(10)8-9/h4-5,8H,1-3,6-7H2,(H,17,18). The zero-order valence-corrected chi connectivity index (χ0v) is 9.81. The van der Waals surface area contributed by atoms with E-state index in [9.17, 15) is 18.0 Å². The minimum Gasteiger partial charge on any atom is -0.348 e. The lowest BCUT2D eigenvalue weighted by molar-refractivity contribution is -0.173. The fraction of sp³-hybridized carbons (Fsp3) is 0.462. The molecule has 0 saturated heterocycles. The number of alkyl halides is 3. The van der Waals surface area contributed by atoms with E-state index in [0.717, 1.165) is 24.8 Å². The van der Waals surface area contributed by atoms with E-state index in [4.69, 9.17) is 0 Å². The van der Waals surface area contributed by atoms with E-state index >= 15 is 0 Å². The van der Waals surface area contributed by atoms with Crippen molar-refractivity contribution in [3.8, 4) is 0 Å². The number of carbonyl (C=O) groups excluding carboxylic acids is 1. The van der Waals surface area contributed by atoms with Crippen LogP contribution in [0, 0.1) is 0 Å². The summed E-state index contributed by atoms with van der Waals surface area (Å²) in [5.41, 5.74) is 3.59. The van der Waals surface area contributed by atoms with E-state index < -0.39 is 12.1 Å².